The molecule has 0 aliphatic rings. The molecule has 15 heavy (non-hydrogen) atoms. The monoisotopic (exact) mass is 194 g/mol. The quantitative estimate of drug-likeness (QED) is 0.559. The number of H-pyrrole nitrogens is 1. The van der Waals surface area contributed by atoms with Gasteiger partial charge < -0.3 is 9.83 Å². The first-order valence-corrected chi connectivity index (χ1v) is 4.48. The molecule has 0 amide bonds. The van der Waals surface area contributed by atoms with Crippen LogP contribution >= 0.6 is 0 Å². The number of pyridine rings is 2. The minimum atomic E-state index is 0.409. The highest BCUT2D eigenvalue weighted by atomic mass is 14.9. The van der Waals surface area contributed by atoms with Gasteiger partial charge in [-0.3, -0.25) is 0 Å². The van der Waals surface area contributed by atoms with Crippen molar-refractivity contribution in [3.8, 4) is 0 Å². The zero-order valence-electron chi connectivity index (χ0n) is 7.73. The number of hydrogen-bond donors (Lipinski definition) is 1. The summed E-state index contributed by atoms with van der Waals surface area (Å²) in [7, 11) is 0. The highest BCUT2D eigenvalue weighted by Gasteiger charge is 2.06. The summed E-state index contributed by atoms with van der Waals surface area (Å²) in [5.74, 6) is 0.409. The summed E-state index contributed by atoms with van der Waals surface area (Å²) in [6, 6.07) is 5.64. The van der Waals surface area contributed by atoms with E-state index in [4.69, 9.17) is 6.57 Å². The molecule has 1 N–H and O–H groups in total. The number of fused-ring (bicyclic) bond motifs is 3. The number of rotatable bonds is 0. The lowest BCUT2D eigenvalue weighted by molar-refractivity contribution is 1.33. The third kappa shape index (κ3) is 1.07. The van der Waals surface area contributed by atoms with Crippen molar-refractivity contribution in [3.05, 3.63) is 42.0 Å². The molecule has 0 aliphatic carbocycles. The van der Waals surface area contributed by atoms with E-state index in [9.17, 15) is 0 Å². The second-order valence-electron chi connectivity index (χ2n) is 3.22. The van der Waals surface area contributed by atoms with Gasteiger partial charge in [-0.15, -0.1) is 4.98 Å². The molecule has 0 saturated heterocycles. The molecule has 4 nitrogen and oxygen atoms in total. The molecular formula is C11H6N4. The van der Waals surface area contributed by atoms with Crippen molar-refractivity contribution in [1.82, 2.24) is 15.0 Å². The maximum Gasteiger partial charge on any atom is 0.270 e. The van der Waals surface area contributed by atoms with E-state index in [1.165, 1.54) is 0 Å². The second kappa shape index (κ2) is 2.79. The molecule has 3 aromatic rings. The predicted molar refractivity (Wildman–Crippen MR) is 57.7 cm³/mol. The average Bonchev–Trinajstić information content (AvgIpc) is 2.66. The Balaban J connectivity index is 2.53. The molecule has 0 spiro atoms. The summed E-state index contributed by atoms with van der Waals surface area (Å²) < 4.78 is 0. The smallest absolute Gasteiger partial charge is 0.270 e. The van der Waals surface area contributed by atoms with Crippen molar-refractivity contribution in [1.29, 1.82) is 0 Å². The van der Waals surface area contributed by atoms with Crippen molar-refractivity contribution >= 4 is 27.8 Å². The van der Waals surface area contributed by atoms with Crippen LogP contribution in [0.5, 0.6) is 0 Å². The standard InChI is InChI=1S/C11H6N4/c1-12-10-5-8-7-3-2-4-13-11(7)15-9(8)6-14-10/h2-6H,(H,13,15). The molecule has 4 heteroatoms. The van der Waals surface area contributed by atoms with Gasteiger partial charge in [-0.2, -0.15) is 0 Å². The highest BCUT2D eigenvalue weighted by Crippen LogP contribution is 2.25. The molecule has 0 aromatic carbocycles. The van der Waals surface area contributed by atoms with Crippen LogP contribution in [0.15, 0.2) is 30.6 Å². The van der Waals surface area contributed by atoms with E-state index in [1.54, 1.807) is 18.5 Å². The van der Waals surface area contributed by atoms with Crippen LogP contribution in [0.25, 0.3) is 26.8 Å². The maximum atomic E-state index is 6.92. The summed E-state index contributed by atoms with van der Waals surface area (Å²) in [4.78, 5) is 14.7. The van der Waals surface area contributed by atoms with E-state index in [2.05, 4.69) is 19.8 Å². The Morgan fingerprint density at radius 2 is 2.20 bits per heavy atom. The number of nitrogens with zero attached hydrogens (tertiary/aromatic N) is 3. The fourth-order valence-corrected chi connectivity index (χ4v) is 1.68. The summed E-state index contributed by atoms with van der Waals surface area (Å²) in [5.41, 5.74) is 1.74. The Bertz CT molecular complexity index is 690. The summed E-state index contributed by atoms with van der Waals surface area (Å²) in [5, 5.41) is 2.03. The zero-order valence-corrected chi connectivity index (χ0v) is 7.73. The van der Waals surface area contributed by atoms with E-state index in [-0.39, 0.29) is 0 Å². The molecule has 0 unspecified atom stereocenters. The molecule has 0 atom stereocenters. The van der Waals surface area contributed by atoms with Crippen LogP contribution in [0.3, 0.4) is 0 Å². The molecular weight excluding hydrogens is 188 g/mol. The topological polar surface area (TPSA) is 45.9 Å². The van der Waals surface area contributed by atoms with Gasteiger partial charge in [0, 0.05) is 17.0 Å². The normalized spacial score (nSPS) is 10.6. The van der Waals surface area contributed by atoms with Gasteiger partial charge >= 0.3 is 0 Å². The Labute approximate surface area is 85.4 Å². The Hall–Kier alpha value is -2.41. The number of hydrogen-bond acceptors (Lipinski definition) is 2. The molecule has 0 radical (unpaired) electrons. The summed E-state index contributed by atoms with van der Waals surface area (Å²) >= 11 is 0. The van der Waals surface area contributed by atoms with E-state index < -0.39 is 0 Å². The van der Waals surface area contributed by atoms with Gasteiger partial charge in [-0.25, -0.2) is 4.98 Å². The summed E-state index contributed by atoms with van der Waals surface area (Å²) in [6.45, 7) is 6.92. The van der Waals surface area contributed by atoms with E-state index >= 15 is 0 Å². The fourth-order valence-electron chi connectivity index (χ4n) is 1.68. The number of nitrogens with one attached hydrogen (secondary N) is 1. The van der Waals surface area contributed by atoms with Gasteiger partial charge in [0.2, 0.25) is 0 Å². The van der Waals surface area contributed by atoms with Gasteiger partial charge in [0.15, 0.2) is 0 Å². The minimum Gasteiger partial charge on any atom is -0.361 e. The molecule has 0 aliphatic heterocycles. The molecule has 3 rings (SSSR count). The van der Waals surface area contributed by atoms with Crippen LogP contribution in [0, 0.1) is 6.57 Å². The highest BCUT2D eigenvalue weighted by molar-refractivity contribution is 6.06. The van der Waals surface area contributed by atoms with Crippen LogP contribution in [-0.4, -0.2) is 15.0 Å². The Morgan fingerprint density at radius 1 is 1.27 bits per heavy atom. The van der Waals surface area contributed by atoms with E-state index in [0.29, 0.717) is 5.82 Å². The van der Waals surface area contributed by atoms with E-state index in [0.717, 1.165) is 21.9 Å². The first-order valence-electron chi connectivity index (χ1n) is 4.48. The average molecular weight is 194 g/mol. The fraction of sp³-hybridized carbons (Fsp3) is 0. The van der Waals surface area contributed by atoms with Crippen molar-refractivity contribution in [3.63, 3.8) is 0 Å². The van der Waals surface area contributed by atoms with Gasteiger partial charge in [0.25, 0.3) is 5.82 Å². The third-order valence-electron chi connectivity index (χ3n) is 2.36. The third-order valence-corrected chi connectivity index (χ3v) is 2.36. The van der Waals surface area contributed by atoms with Crippen LogP contribution in [0.1, 0.15) is 0 Å². The lowest BCUT2D eigenvalue weighted by Crippen LogP contribution is -1.72. The first-order chi connectivity index (χ1) is 7.38. The Morgan fingerprint density at radius 3 is 3.07 bits per heavy atom. The second-order valence-corrected chi connectivity index (χ2v) is 3.22. The predicted octanol–water partition coefficient (Wildman–Crippen LogP) is 2.66. The first kappa shape index (κ1) is 7.94. The number of aromatic amines is 1. The lowest BCUT2D eigenvalue weighted by Gasteiger charge is -1.89. The van der Waals surface area contributed by atoms with Crippen molar-refractivity contribution in [2.75, 3.05) is 0 Å². The molecule has 0 saturated carbocycles. The van der Waals surface area contributed by atoms with Crippen molar-refractivity contribution in [2.45, 2.75) is 0 Å². The molecule has 3 heterocycles. The van der Waals surface area contributed by atoms with Crippen LogP contribution in [0.2, 0.25) is 0 Å². The van der Waals surface area contributed by atoms with Gasteiger partial charge in [-0.05, 0) is 18.2 Å². The lowest BCUT2D eigenvalue weighted by atomic mass is 10.2. The molecule has 0 fully saturated rings. The molecule has 70 valence electrons. The maximum absolute atomic E-state index is 6.92. The van der Waals surface area contributed by atoms with Gasteiger partial charge in [0.1, 0.15) is 11.8 Å². The van der Waals surface area contributed by atoms with E-state index in [1.807, 2.05) is 12.1 Å². The number of aromatic nitrogens is 3. The minimum absolute atomic E-state index is 0.409. The molecule has 0 bridgehead atoms. The zero-order chi connectivity index (χ0) is 10.3. The SMILES string of the molecule is [C-]#[N+]c1cc2c(cn1)[nH]c1ncccc12. The van der Waals surface area contributed by atoms with Crippen LogP contribution in [0.4, 0.5) is 5.82 Å². The van der Waals surface area contributed by atoms with Gasteiger partial charge in [-0.1, -0.05) is 6.57 Å². The van der Waals surface area contributed by atoms with Crippen molar-refractivity contribution < 1.29 is 0 Å². The largest absolute Gasteiger partial charge is 0.361 e. The van der Waals surface area contributed by atoms with Crippen LogP contribution in [-0.2, 0) is 0 Å². The Kier molecular flexibility index (Phi) is 1.48. The molecule has 3 aromatic heterocycles. The van der Waals surface area contributed by atoms with Gasteiger partial charge in [0.05, 0.1) is 5.52 Å². The van der Waals surface area contributed by atoms with Crippen LogP contribution < -0.4 is 0 Å². The summed E-state index contributed by atoms with van der Waals surface area (Å²) in [6.07, 6.45) is 3.41. The van der Waals surface area contributed by atoms with Crippen molar-refractivity contribution in [2.24, 2.45) is 0 Å².